The predicted octanol–water partition coefficient (Wildman–Crippen LogP) is 4.15. The van der Waals surface area contributed by atoms with Gasteiger partial charge in [0.05, 0.1) is 11.6 Å². The fourth-order valence-corrected chi connectivity index (χ4v) is 2.19. The smallest absolute Gasteiger partial charge is 0.138 e. The van der Waals surface area contributed by atoms with Gasteiger partial charge in [-0.05, 0) is 50.6 Å². The topological polar surface area (TPSA) is 14.2 Å². The van der Waals surface area contributed by atoms with E-state index in [0.717, 1.165) is 17.9 Å². The van der Waals surface area contributed by atoms with Crippen LogP contribution in [0.3, 0.4) is 0 Å². The summed E-state index contributed by atoms with van der Waals surface area (Å²) in [5, 5.41) is 0.668. The van der Waals surface area contributed by atoms with E-state index in [4.69, 9.17) is 16.3 Å². The Morgan fingerprint density at radius 3 is 2.39 bits per heavy atom. The molecular formula is C15H18ClNO. The van der Waals surface area contributed by atoms with Crippen molar-refractivity contribution in [1.29, 1.82) is 0 Å². The molecule has 0 aliphatic heterocycles. The second-order valence-electron chi connectivity index (χ2n) is 4.55. The maximum absolute atomic E-state index is 6.09. The van der Waals surface area contributed by atoms with Gasteiger partial charge in [-0.3, -0.25) is 0 Å². The van der Waals surface area contributed by atoms with E-state index >= 15 is 0 Å². The van der Waals surface area contributed by atoms with Gasteiger partial charge in [0.25, 0.3) is 0 Å². The molecule has 1 aromatic carbocycles. The van der Waals surface area contributed by atoms with Crippen LogP contribution < -0.4 is 4.74 Å². The molecule has 2 nitrogen and oxygen atoms in total. The highest BCUT2D eigenvalue weighted by atomic mass is 35.5. The lowest BCUT2D eigenvalue weighted by Crippen LogP contribution is -2.10. The van der Waals surface area contributed by atoms with Gasteiger partial charge in [0.2, 0.25) is 0 Å². The van der Waals surface area contributed by atoms with E-state index in [9.17, 15) is 0 Å². The second-order valence-corrected chi connectivity index (χ2v) is 4.96. The molecule has 0 saturated carbocycles. The summed E-state index contributed by atoms with van der Waals surface area (Å²) in [5.74, 6) is 0.763. The van der Waals surface area contributed by atoms with Crippen LogP contribution in [0, 0.1) is 20.8 Å². The summed E-state index contributed by atoms with van der Waals surface area (Å²) < 4.78 is 7.99. The van der Waals surface area contributed by atoms with E-state index < -0.39 is 0 Å². The number of aryl methyl sites for hydroxylation is 3. The Labute approximate surface area is 113 Å². The Balaban J connectivity index is 1.98. The molecule has 0 aliphatic carbocycles. The molecule has 2 aromatic rings. The normalized spacial score (nSPS) is 10.7. The molecular weight excluding hydrogens is 246 g/mol. The SMILES string of the molecule is Cc1ccc(Cl)c(OCCn2c(C)ccc2C)c1. The molecule has 0 aliphatic rings. The van der Waals surface area contributed by atoms with Crippen molar-refractivity contribution in [2.24, 2.45) is 0 Å². The van der Waals surface area contributed by atoms with Crippen LogP contribution in [0.15, 0.2) is 30.3 Å². The fourth-order valence-electron chi connectivity index (χ4n) is 2.02. The Hall–Kier alpha value is -1.41. The van der Waals surface area contributed by atoms with Crippen molar-refractivity contribution >= 4 is 11.6 Å². The molecule has 0 atom stereocenters. The van der Waals surface area contributed by atoms with Crippen LogP contribution in [-0.2, 0) is 6.54 Å². The van der Waals surface area contributed by atoms with Gasteiger partial charge in [0.15, 0.2) is 0 Å². The summed E-state index contributed by atoms with van der Waals surface area (Å²) in [6.45, 7) is 7.71. The number of benzene rings is 1. The van der Waals surface area contributed by atoms with Crippen LogP contribution in [0.4, 0.5) is 0 Å². The van der Waals surface area contributed by atoms with Crippen LogP contribution in [0.2, 0.25) is 5.02 Å². The van der Waals surface area contributed by atoms with Crippen molar-refractivity contribution in [3.8, 4) is 5.75 Å². The average Bonchev–Trinajstić information content (AvgIpc) is 2.65. The quantitative estimate of drug-likeness (QED) is 0.808. The molecule has 1 heterocycles. The number of rotatable bonds is 4. The van der Waals surface area contributed by atoms with Crippen LogP contribution in [0.25, 0.3) is 0 Å². The third-order valence-electron chi connectivity index (χ3n) is 3.08. The van der Waals surface area contributed by atoms with Crippen molar-refractivity contribution in [3.63, 3.8) is 0 Å². The van der Waals surface area contributed by atoms with Gasteiger partial charge in [0.1, 0.15) is 12.4 Å². The van der Waals surface area contributed by atoms with Crippen molar-refractivity contribution < 1.29 is 4.74 Å². The maximum atomic E-state index is 6.09. The first-order valence-corrected chi connectivity index (χ1v) is 6.47. The Morgan fingerprint density at radius 2 is 1.72 bits per heavy atom. The third-order valence-corrected chi connectivity index (χ3v) is 3.39. The first kappa shape index (κ1) is 13.0. The van der Waals surface area contributed by atoms with Crippen LogP contribution in [-0.4, -0.2) is 11.2 Å². The summed E-state index contributed by atoms with van der Waals surface area (Å²) in [7, 11) is 0. The zero-order valence-electron chi connectivity index (χ0n) is 11.0. The minimum absolute atomic E-state index is 0.625. The van der Waals surface area contributed by atoms with Crippen LogP contribution >= 0.6 is 11.6 Å². The highest BCUT2D eigenvalue weighted by Crippen LogP contribution is 2.25. The first-order chi connectivity index (χ1) is 8.58. The third kappa shape index (κ3) is 2.88. The monoisotopic (exact) mass is 263 g/mol. The minimum Gasteiger partial charge on any atom is -0.490 e. The van der Waals surface area contributed by atoms with Gasteiger partial charge < -0.3 is 9.30 Å². The molecule has 0 saturated heterocycles. The van der Waals surface area contributed by atoms with Crippen LogP contribution in [0.5, 0.6) is 5.75 Å². The molecule has 0 N–H and O–H groups in total. The van der Waals surface area contributed by atoms with E-state index in [2.05, 4.69) is 30.5 Å². The number of hydrogen-bond donors (Lipinski definition) is 0. The summed E-state index contributed by atoms with van der Waals surface area (Å²) in [4.78, 5) is 0. The fraction of sp³-hybridized carbons (Fsp3) is 0.333. The van der Waals surface area contributed by atoms with Gasteiger partial charge >= 0.3 is 0 Å². The Kier molecular flexibility index (Phi) is 3.97. The van der Waals surface area contributed by atoms with E-state index in [1.165, 1.54) is 11.4 Å². The molecule has 0 unspecified atom stereocenters. The lowest BCUT2D eigenvalue weighted by Gasteiger charge is -2.12. The number of aromatic nitrogens is 1. The molecule has 0 bridgehead atoms. The van der Waals surface area contributed by atoms with Gasteiger partial charge in [-0.25, -0.2) is 0 Å². The summed E-state index contributed by atoms with van der Waals surface area (Å²) in [6, 6.07) is 10.1. The molecule has 0 amide bonds. The number of halogens is 1. The lowest BCUT2D eigenvalue weighted by molar-refractivity contribution is 0.296. The van der Waals surface area contributed by atoms with Crippen molar-refractivity contribution in [1.82, 2.24) is 4.57 Å². The highest BCUT2D eigenvalue weighted by molar-refractivity contribution is 6.32. The summed E-state index contributed by atoms with van der Waals surface area (Å²) >= 11 is 6.09. The van der Waals surface area contributed by atoms with E-state index in [-0.39, 0.29) is 0 Å². The predicted molar refractivity (Wildman–Crippen MR) is 75.6 cm³/mol. The Morgan fingerprint density at radius 1 is 1.06 bits per heavy atom. The molecule has 96 valence electrons. The average molecular weight is 264 g/mol. The molecule has 3 heteroatoms. The molecule has 18 heavy (non-hydrogen) atoms. The lowest BCUT2D eigenvalue weighted by atomic mass is 10.2. The number of ether oxygens (including phenoxy) is 1. The van der Waals surface area contributed by atoms with E-state index in [1.807, 2.05) is 25.1 Å². The molecule has 0 fully saturated rings. The van der Waals surface area contributed by atoms with Gasteiger partial charge in [-0.2, -0.15) is 0 Å². The zero-order valence-corrected chi connectivity index (χ0v) is 11.8. The van der Waals surface area contributed by atoms with Crippen molar-refractivity contribution in [3.05, 3.63) is 52.3 Å². The molecule has 1 aromatic heterocycles. The largest absolute Gasteiger partial charge is 0.490 e. The second kappa shape index (κ2) is 5.49. The van der Waals surface area contributed by atoms with E-state index in [1.54, 1.807) is 0 Å². The molecule has 2 rings (SSSR count). The maximum Gasteiger partial charge on any atom is 0.138 e. The van der Waals surface area contributed by atoms with Crippen molar-refractivity contribution in [2.45, 2.75) is 27.3 Å². The number of nitrogens with zero attached hydrogens (tertiary/aromatic N) is 1. The van der Waals surface area contributed by atoms with Gasteiger partial charge in [-0.15, -0.1) is 0 Å². The van der Waals surface area contributed by atoms with Gasteiger partial charge in [0, 0.05) is 11.4 Å². The first-order valence-electron chi connectivity index (χ1n) is 6.09. The molecule has 0 radical (unpaired) electrons. The summed E-state index contributed by atoms with van der Waals surface area (Å²) in [5.41, 5.74) is 3.67. The zero-order chi connectivity index (χ0) is 13.1. The molecule has 0 spiro atoms. The van der Waals surface area contributed by atoms with Crippen molar-refractivity contribution in [2.75, 3.05) is 6.61 Å². The van der Waals surface area contributed by atoms with Crippen LogP contribution in [0.1, 0.15) is 17.0 Å². The van der Waals surface area contributed by atoms with E-state index in [0.29, 0.717) is 11.6 Å². The number of hydrogen-bond acceptors (Lipinski definition) is 1. The summed E-state index contributed by atoms with van der Waals surface area (Å²) in [6.07, 6.45) is 0. The minimum atomic E-state index is 0.625. The van der Waals surface area contributed by atoms with Gasteiger partial charge in [-0.1, -0.05) is 17.7 Å². The Bertz CT molecular complexity index is 526. The highest BCUT2D eigenvalue weighted by Gasteiger charge is 2.04. The standard InChI is InChI=1S/C15H18ClNO/c1-11-4-7-14(16)15(10-11)18-9-8-17-12(2)5-6-13(17)3/h4-7,10H,8-9H2,1-3H3.